The Hall–Kier alpha value is -1.31. The number of nitrogens with two attached hydrogens (primary N) is 1. The molecular formula is C12H17BrN2O4. The third-order valence-corrected chi connectivity index (χ3v) is 2.81. The van der Waals surface area contributed by atoms with Gasteiger partial charge >= 0.3 is 6.03 Å². The van der Waals surface area contributed by atoms with Gasteiger partial charge in [-0.3, -0.25) is 0 Å². The Morgan fingerprint density at radius 1 is 1.42 bits per heavy atom. The summed E-state index contributed by atoms with van der Waals surface area (Å²) < 4.78 is 16.3. The number of hydrogen-bond donors (Lipinski definition) is 2. The second-order valence-electron chi connectivity index (χ2n) is 3.65. The van der Waals surface area contributed by atoms with Crippen molar-refractivity contribution in [1.82, 2.24) is 5.32 Å². The van der Waals surface area contributed by atoms with E-state index in [-0.39, 0.29) is 6.79 Å². The molecule has 1 rings (SSSR count). The van der Waals surface area contributed by atoms with Gasteiger partial charge in [0.25, 0.3) is 0 Å². The maximum absolute atomic E-state index is 10.6. The monoisotopic (exact) mass is 332 g/mol. The van der Waals surface area contributed by atoms with E-state index in [0.29, 0.717) is 25.5 Å². The molecule has 0 aliphatic heterocycles. The lowest BCUT2D eigenvalue weighted by Gasteiger charge is -2.10. The van der Waals surface area contributed by atoms with Crippen LogP contribution in [0.5, 0.6) is 5.75 Å². The molecule has 19 heavy (non-hydrogen) atoms. The van der Waals surface area contributed by atoms with Crippen LogP contribution in [0.3, 0.4) is 0 Å². The van der Waals surface area contributed by atoms with Gasteiger partial charge in [-0.05, 0) is 33.6 Å². The second-order valence-corrected chi connectivity index (χ2v) is 4.50. The Morgan fingerprint density at radius 2 is 2.21 bits per heavy atom. The van der Waals surface area contributed by atoms with E-state index in [0.717, 1.165) is 10.0 Å². The highest BCUT2D eigenvalue weighted by molar-refractivity contribution is 9.10. The highest BCUT2D eigenvalue weighted by atomic mass is 79.9. The van der Waals surface area contributed by atoms with Crippen LogP contribution in [0.25, 0.3) is 0 Å². The van der Waals surface area contributed by atoms with E-state index in [1.807, 2.05) is 12.1 Å². The van der Waals surface area contributed by atoms with E-state index < -0.39 is 6.03 Å². The largest absolute Gasteiger partial charge is 0.466 e. The third-order valence-electron chi connectivity index (χ3n) is 2.19. The molecule has 0 heterocycles. The van der Waals surface area contributed by atoms with Crippen LogP contribution in [-0.2, 0) is 16.0 Å². The first-order valence-electron chi connectivity index (χ1n) is 5.64. The topological polar surface area (TPSA) is 82.8 Å². The predicted molar refractivity (Wildman–Crippen MR) is 73.9 cm³/mol. The van der Waals surface area contributed by atoms with E-state index in [1.54, 1.807) is 13.2 Å². The van der Waals surface area contributed by atoms with E-state index in [9.17, 15) is 4.79 Å². The van der Waals surface area contributed by atoms with E-state index in [2.05, 4.69) is 21.2 Å². The summed E-state index contributed by atoms with van der Waals surface area (Å²) in [5.41, 5.74) is 5.92. The molecule has 2 amide bonds. The number of benzene rings is 1. The van der Waals surface area contributed by atoms with Gasteiger partial charge in [0.2, 0.25) is 0 Å². The quantitative estimate of drug-likeness (QED) is 0.559. The van der Waals surface area contributed by atoms with Gasteiger partial charge in [-0.15, -0.1) is 0 Å². The average Bonchev–Trinajstić information content (AvgIpc) is 2.38. The van der Waals surface area contributed by atoms with Crippen molar-refractivity contribution in [2.45, 2.75) is 6.54 Å². The number of methoxy groups -OCH3 is 1. The highest BCUT2D eigenvalue weighted by Crippen LogP contribution is 2.25. The standard InChI is InChI=1S/C12H17BrN2O4/c1-17-4-5-18-8-19-11-3-2-9(6-10(11)13)7-15-12(14)16/h2-3,6H,4-5,7-8H2,1H3,(H3,14,15,16). The van der Waals surface area contributed by atoms with Crippen LogP contribution in [-0.4, -0.2) is 33.1 Å². The summed E-state index contributed by atoms with van der Waals surface area (Å²) in [6, 6.07) is 4.93. The summed E-state index contributed by atoms with van der Waals surface area (Å²) in [6.07, 6.45) is 0. The van der Waals surface area contributed by atoms with E-state index in [1.165, 1.54) is 0 Å². The van der Waals surface area contributed by atoms with Crippen molar-refractivity contribution in [3.63, 3.8) is 0 Å². The molecule has 3 N–H and O–H groups in total. The lowest BCUT2D eigenvalue weighted by atomic mass is 10.2. The zero-order valence-corrected chi connectivity index (χ0v) is 12.2. The molecule has 0 saturated heterocycles. The first kappa shape index (κ1) is 15.7. The molecule has 6 nitrogen and oxygen atoms in total. The number of urea groups is 1. The molecular weight excluding hydrogens is 316 g/mol. The Morgan fingerprint density at radius 3 is 2.84 bits per heavy atom. The molecule has 0 saturated carbocycles. The van der Waals surface area contributed by atoms with E-state index >= 15 is 0 Å². The van der Waals surface area contributed by atoms with Crippen LogP contribution in [0.1, 0.15) is 5.56 Å². The molecule has 106 valence electrons. The number of halogens is 1. The van der Waals surface area contributed by atoms with Crippen molar-refractivity contribution in [2.75, 3.05) is 27.1 Å². The van der Waals surface area contributed by atoms with Gasteiger partial charge in [-0.1, -0.05) is 6.07 Å². The summed E-state index contributed by atoms with van der Waals surface area (Å²) >= 11 is 3.39. The number of amides is 2. The first-order valence-corrected chi connectivity index (χ1v) is 6.44. The SMILES string of the molecule is COCCOCOc1ccc(CNC(N)=O)cc1Br. The lowest BCUT2D eigenvalue weighted by molar-refractivity contribution is -0.00880. The van der Waals surface area contributed by atoms with Crippen LogP contribution in [0, 0.1) is 0 Å². The van der Waals surface area contributed by atoms with Crippen molar-refractivity contribution in [2.24, 2.45) is 5.73 Å². The lowest BCUT2D eigenvalue weighted by Crippen LogP contribution is -2.28. The van der Waals surface area contributed by atoms with Crippen LogP contribution in [0.4, 0.5) is 4.79 Å². The van der Waals surface area contributed by atoms with Gasteiger partial charge in [0.1, 0.15) is 5.75 Å². The number of carbonyl (C=O) groups excluding carboxylic acids is 1. The third kappa shape index (κ3) is 6.42. The molecule has 7 heteroatoms. The van der Waals surface area contributed by atoms with Gasteiger partial charge < -0.3 is 25.3 Å². The summed E-state index contributed by atoms with van der Waals surface area (Å²) in [7, 11) is 1.61. The molecule has 0 fully saturated rings. The van der Waals surface area contributed by atoms with Gasteiger partial charge in [-0.2, -0.15) is 0 Å². The van der Waals surface area contributed by atoms with Crippen molar-refractivity contribution in [3.05, 3.63) is 28.2 Å². The molecule has 0 bridgehead atoms. The number of primary amides is 1. The smallest absolute Gasteiger partial charge is 0.312 e. The fourth-order valence-electron chi connectivity index (χ4n) is 1.27. The molecule has 0 atom stereocenters. The van der Waals surface area contributed by atoms with Crippen molar-refractivity contribution in [3.8, 4) is 5.75 Å². The first-order chi connectivity index (χ1) is 9.13. The minimum atomic E-state index is -0.553. The molecule has 0 aromatic heterocycles. The number of ether oxygens (including phenoxy) is 3. The molecule has 1 aromatic rings. The van der Waals surface area contributed by atoms with Crippen LogP contribution < -0.4 is 15.8 Å². The predicted octanol–water partition coefficient (Wildman–Crippen LogP) is 1.62. The highest BCUT2D eigenvalue weighted by Gasteiger charge is 2.03. The van der Waals surface area contributed by atoms with Gasteiger partial charge in [-0.25, -0.2) is 4.79 Å². The number of carbonyl (C=O) groups is 1. The summed E-state index contributed by atoms with van der Waals surface area (Å²) in [4.78, 5) is 10.6. The van der Waals surface area contributed by atoms with Crippen molar-refractivity contribution in [1.29, 1.82) is 0 Å². The summed E-state index contributed by atoms with van der Waals surface area (Å²) in [5.74, 6) is 0.667. The normalized spacial score (nSPS) is 10.2. The van der Waals surface area contributed by atoms with Crippen LogP contribution >= 0.6 is 15.9 Å². The maximum Gasteiger partial charge on any atom is 0.312 e. The zero-order chi connectivity index (χ0) is 14.1. The van der Waals surface area contributed by atoms with Crippen LogP contribution in [0.2, 0.25) is 0 Å². The van der Waals surface area contributed by atoms with Crippen molar-refractivity contribution < 1.29 is 19.0 Å². The number of rotatable bonds is 8. The summed E-state index contributed by atoms with van der Waals surface area (Å²) in [5, 5.41) is 2.51. The van der Waals surface area contributed by atoms with Gasteiger partial charge in [0, 0.05) is 13.7 Å². The second kappa shape index (κ2) is 8.73. The Balaban J connectivity index is 2.41. The number of hydrogen-bond acceptors (Lipinski definition) is 4. The molecule has 0 radical (unpaired) electrons. The fourth-order valence-corrected chi connectivity index (χ4v) is 1.81. The fraction of sp³-hybridized carbons (Fsp3) is 0.417. The van der Waals surface area contributed by atoms with E-state index in [4.69, 9.17) is 19.9 Å². The zero-order valence-electron chi connectivity index (χ0n) is 10.6. The number of nitrogens with one attached hydrogen (secondary N) is 1. The van der Waals surface area contributed by atoms with Gasteiger partial charge in [0.05, 0.1) is 17.7 Å². The molecule has 0 unspecified atom stereocenters. The Kier molecular flexibility index (Phi) is 7.24. The average molecular weight is 333 g/mol. The minimum absolute atomic E-state index is 0.154. The van der Waals surface area contributed by atoms with Crippen LogP contribution in [0.15, 0.2) is 22.7 Å². The molecule has 0 aliphatic carbocycles. The summed E-state index contributed by atoms with van der Waals surface area (Å²) in [6.45, 7) is 1.54. The Labute approximate surface area is 120 Å². The molecule has 1 aromatic carbocycles. The van der Waals surface area contributed by atoms with Crippen molar-refractivity contribution >= 4 is 22.0 Å². The minimum Gasteiger partial charge on any atom is -0.466 e. The Bertz CT molecular complexity index is 415. The maximum atomic E-state index is 10.6. The molecule has 0 spiro atoms. The molecule has 0 aliphatic rings. The van der Waals surface area contributed by atoms with Gasteiger partial charge in [0.15, 0.2) is 6.79 Å².